The summed E-state index contributed by atoms with van der Waals surface area (Å²) >= 11 is 6.00. The highest BCUT2D eigenvalue weighted by Crippen LogP contribution is 2.31. The maximum absolute atomic E-state index is 13.5. The fourth-order valence-electron chi connectivity index (χ4n) is 4.05. The van der Waals surface area contributed by atoms with Crippen LogP contribution in [0.1, 0.15) is 30.0 Å². The van der Waals surface area contributed by atoms with Gasteiger partial charge in [-0.05, 0) is 30.5 Å². The first kappa shape index (κ1) is 22.6. The molecule has 0 N–H and O–H groups in total. The van der Waals surface area contributed by atoms with Crippen molar-refractivity contribution in [2.75, 3.05) is 24.7 Å². The normalized spacial score (nSPS) is 20.0. The second-order valence-electron chi connectivity index (χ2n) is 8.48. The summed E-state index contributed by atoms with van der Waals surface area (Å²) in [5.41, 5.74) is 1.29. The van der Waals surface area contributed by atoms with Crippen molar-refractivity contribution in [2.24, 2.45) is 5.92 Å². The maximum Gasteiger partial charge on any atom is 0.270 e. The van der Waals surface area contributed by atoms with Gasteiger partial charge in [0.1, 0.15) is 18.4 Å². The number of carbonyl (C=O) groups excluding carboxylic acids is 2. The zero-order chi connectivity index (χ0) is 23.0. The number of rotatable bonds is 6. The molecule has 1 aromatic heterocycles. The minimum atomic E-state index is -2.94. The molecule has 2 amide bonds. The molecule has 0 bridgehead atoms. The van der Waals surface area contributed by atoms with Gasteiger partial charge in [0.05, 0.1) is 18.2 Å². The van der Waals surface area contributed by atoms with Gasteiger partial charge in [0.15, 0.2) is 0 Å². The van der Waals surface area contributed by atoms with E-state index in [9.17, 15) is 18.4 Å². The third kappa shape index (κ3) is 4.61. The van der Waals surface area contributed by atoms with Gasteiger partial charge in [-0.25, -0.2) is 13.8 Å². The third-order valence-electron chi connectivity index (χ3n) is 5.89. The number of anilines is 1. The molecule has 9 heteroatoms. The Bertz CT molecular complexity index is 1020. The highest BCUT2D eigenvalue weighted by molar-refractivity contribution is 6.30. The molecular weight excluding hydrogens is 440 g/mol. The second kappa shape index (κ2) is 8.75. The van der Waals surface area contributed by atoms with Crippen molar-refractivity contribution in [3.63, 3.8) is 0 Å². The van der Waals surface area contributed by atoms with E-state index in [0.29, 0.717) is 41.6 Å². The lowest BCUT2D eigenvalue weighted by atomic mass is 9.94. The molecule has 3 heterocycles. The van der Waals surface area contributed by atoms with Crippen molar-refractivity contribution in [2.45, 2.75) is 38.8 Å². The predicted molar refractivity (Wildman–Crippen MR) is 116 cm³/mol. The van der Waals surface area contributed by atoms with Crippen LogP contribution in [-0.2, 0) is 26.8 Å². The lowest BCUT2D eigenvalue weighted by molar-refractivity contribution is -0.146. The van der Waals surface area contributed by atoms with Crippen molar-refractivity contribution < 1.29 is 23.1 Å². The summed E-state index contributed by atoms with van der Waals surface area (Å²) in [6, 6.07) is 6.88. The Morgan fingerprint density at radius 1 is 1.22 bits per heavy atom. The van der Waals surface area contributed by atoms with Gasteiger partial charge in [0.2, 0.25) is 5.91 Å². The van der Waals surface area contributed by atoms with E-state index in [1.54, 1.807) is 30.0 Å². The molecule has 4 rings (SSSR count). The number of aromatic nitrogens is 1. The molecule has 2 fully saturated rings. The van der Waals surface area contributed by atoms with Crippen LogP contribution in [0, 0.1) is 12.8 Å². The first-order valence-electron chi connectivity index (χ1n) is 10.4. The Balaban J connectivity index is 1.60. The van der Waals surface area contributed by atoms with Crippen LogP contribution in [0.2, 0.25) is 5.02 Å². The van der Waals surface area contributed by atoms with Crippen molar-refractivity contribution in [3.05, 3.63) is 58.2 Å². The highest BCUT2D eigenvalue weighted by Gasteiger charge is 2.42. The lowest BCUT2D eigenvalue weighted by Gasteiger charge is -2.42. The summed E-state index contributed by atoms with van der Waals surface area (Å²) in [4.78, 5) is 33.9. The van der Waals surface area contributed by atoms with E-state index in [4.69, 9.17) is 16.3 Å². The number of aryl methyl sites for hydroxylation is 1. The number of hydrogen-bond donors (Lipinski definition) is 0. The highest BCUT2D eigenvalue weighted by atomic mass is 35.5. The molecule has 2 aliphatic rings. The fraction of sp³-hybridized carbons (Fsp3) is 0.435. The van der Waals surface area contributed by atoms with Gasteiger partial charge >= 0.3 is 0 Å². The molecule has 0 spiro atoms. The van der Waals surface area contributed by atoms with Crippen molar-refractivity contribution >= 4 is 29.2 Å². The van der Waals surface area contributed by atoms with Crippen molar-refractivity contribution in [1.29, 1.82) is 0 Å². The molecule has 2 aromatic rings. The predicted octanol–water partition coefficient (Wildman–Crippen LogP) is 3.94. The smallest absolute Gasteiger partial charge is 0.270 e. The number of nitrogens with zero attached hydrogens (tertiary/aromatic N) is 3. The van der Waals surface area contributed by atoms with Gasteiger partial charge in [-0.15, -0.1) is 0 Å². The largest absolute Gasteiger partial charge is 0.381 e. The summed E-state index contributed by atoms with van der Waals surface area (Å²) in [6.07, 6.45) is 1.92. The minimum Gasteiger partial charge on any atom is -0.381 e. The Morgan fingerprint density at radius 2 is 1.91 bits per heavy atom. The summed E-state index contributed by atoms with van der Waals surface area (Å²) in [5, 5.41) is 0.452. The molecule has 6 nitrogen and oxygen atoms in total. The van der Waals surface area contributed by atoms with Crippen LogP contribution in [0.15, 0.2) is 36.5 Å². The van der Waals surface area contributed by atoms with Crippen LogP contribution < -0.4 is 4.90 Å². The molecule has 32 heavy (non-hydrogen) atoms. The first-order chi connectivity index (χ1) is 15.1. The molecule has 1 aromatic carbocycles. The molecule has 2 saturated heterocycles. The van der Waals surface area contributed by atoms with E-state index in [1.165, 1.54) is 23.2 Å². The summed E-state index contributed by atoms with van der Waals surface area (Å²) in [5.74, 6) is -2.79. The van der Waals surface area contributed by atoms with Crippen LogP contribution in [0.25, 0.3) is 0 Å². The van der Waals surface area contributed by atoms with Gasteiger partial charge < -0.3 is 9.64 Å². The topological polar surface area (TPSA) is 62.7 Å². The number of halogens is 3. The van der Waals surface area contributed by atoms with Crippen LogP contribution in [0.3, 0.4) is 0 Å². The zero-order valence-electron chi connectivity index (χ0n) is 17.9. The van der Waals surface area contributed by atoms with Gasteiger partial charge in [-0.1, -0.05) is 35.9 Å². The number of carbonyl (C=O) groups is 2. The van der Waals surface area contributed by atoms with Gasteiger partial charge in [-0.2, -0.15) is 0 Å². The Labute approximate surface area is 190 Å². The summed E-state index contributed by atoms with van der Waals surface area (Å²) in [6.45, 7) is 3.75. The number of amides is 2. The van der Waals surface area contributed by atoms with E-state index in [0.717, 1.165) is 6.92 Å². The van der Waals surface area contributed by atoms with Gasteiger partial charge in [0, 0.05) is 31.1 Å². The van der Waals surface area contributed by atoms with Gasteiger partial charge in [0.25, 0.3) is 11.8 Å². The Hall–Kier alpha value is -2.58. The SMILES string of the molecule is Cc1cc(Cl)cnc1N1CC(=O)N(Cc2ccc(C(C)(F)F)cc2)C(CC2COC2)C1=O. The standard InChI is InChI=1S/C23H24ClF2N3O3/c1-14-7-18(24)9-27-21(14)29-11-20(30)28(19(22(29)31)8-16-12-32-13-16)10-15-3-5-17(6-4-15)23(2,25)26/h3-7,9,16,19H,8,10-13H2,1-2H3. The van der Waals surface area contributed by atoms with Crippen LogP contribution in [-0.4, -0.2) is 47.5 Å². The van der Waals surface area contributed by atoms with Crippen LogP contribution >= 0.6 is 11.6 Å². The number of alkyl halides is 2. The quantitative estimate of drug-likeness (QED) is 0.651. The van der Waals surface area contributed by atoms with Crippen LogP contribution in [0.4, 0.5) is 14.6 Å². The lowest BCUT2D eigenvalue weighted by Crippen LogP contribution is -2.61. The van der Waals surface area contributed by atoms with Crippen LogP contribution in [0.5, 0.6) is 0 Å². The maximum atomic E-state index is 13.5. The molecule has 170 valence electrons. The van der Waals surface area contributed by atoms with E-state index in [1.807, 2.05) is 0 Å². The molecule has 0 radical (unpaired) electrons. The fourth-order valence-corrected chi connectivity index (χ4v) is 4.26. The number of pyridine rings is 1. The average molecular weight is 464 g/mol. The van der Waals surface area contributed by atoms with Crippen molar-refractivity contribution in [1.82, 2.24) is 9.88 Å². The minimum absolute atomic E-state index is 0.0964. The molecule has 0 saturated carbocycles. The zero-order valence-corrected chi connectivity index (χ0v) is 18.6. The Morgan fingerprint density at radius 3 is 2.47 bits per heavy atom. The average Bonchev–Trinajstić information content (AvgIpc) is 2.69. The van der Waals surface area contributed by atoms with E-state index in [2.05, 4.69) is 4.98 Å². The molecule has 2 aliphatic heterocycles. The monoisotopic (exact) mass is 463 g/mol. The number of ether oxygens (including phenoxy) is 1. The second-order valence-corrected chi connectivity index (χ2v) is 8.92. The third-order valence-corrected chi connectivity index (χ3v) is 6.10. The Kier molecular flexibility index (Phi) is 6.18. The molecular formula is C23H24ClF2N3O3. The van der Waals surface area contributed by atoms with E-state index < -0.39 is 12.0 Å². The summed E-state index contributed by atoms with van der Waals surface area (Å²) < 4.78 is 32.3. The summed E-state index contributed by atoms with van der Waals surface area (Å²) in [7, 11) is 0. The van der Waals surface area contributed by atoms with Crippen molar-refractivity contribution in [3.8, 4) is 0 Å². The van der Waals surface area contributed by atoms with Gasteiger partial charge in [-0.3, -0.25) is 14.5 Å². The molecule has 1 atom stereocenters. The number of hydrogen-bond acceptors (Lipinski definition) is 4. The van der Waals surface area contributed by atoms with E-state index >= 15 is 0 Å². The van der Waals surface area contributed by atoms with E-state index in [-0.39, 0.29) is 36.4 Å². The molecule has 1 unspecified atom stereocenters. The molecule has 0 aliphatic carbocycles. The first-order valence-corrected chi connectivity index (χ1v) is 10.8. The number of piperazine rings is 1. The number of benzene rings is 1.